The van der Waals surface area contributed by atoms with Gasteiger partial charge in [0.1, 0.15) is 5.82 Å². The Morgan fingerprint density at radius 1 is 1.14 bits per heavy atom. The van der Waals surface area contributed by atoms with Crippen molar-refractivity contribution in [3.05, 3.63) is 53.8 Å². The predicted molar refractivity (Wildman–Crippen MR) is 110 cm³/mol. The molecule has 2 aromatic rings. The third-order valence-corrected chi connectivity index (χ3v) is 6.36. The molecule has 0 aliphatic carbocycles. The summed E-state index contributed by atoms with van der Waals surface area (Å²) in [6.07, 6.45) is 3.78. The van der Waals surface area contributed by atoms with Crippen molar-refractivity contribution in [1.82, 2.24) is 0 Å². The molecule has 0 saturated carbocycles. The molecular formula is C24H28FNO2. The highest BCUT2D eigenvalue weighted by Crippen LogP contribution is 2.48. The van der Waals surface area contributed by atoms with Gasteiger partial charge in [0.2, 0.25) is 5.91 Å². The number of carbonyl (C=O) groups excluding carboxylic acids is 1. The highest BCUT2D eigenvalue weighted by atomic mass is 19.1. The maximum absolute atomic E-state index is 13.3. The van der Waals surface area contributed by atoms with Crippen LogP contribution >= 0.6 is 0 Å². The quantitative estimate of drug-likeness (QED) is 0.717. The second-order valence-electron chi connectivity index (χ2n) is 8.25. The summed E-state index contributed by atoms with van der Waals surface area (Å²) in [5, 5.41) is 0. The largest absolute Gasteiger partial charge is 0.381 e. The van der Waals surface area contributed by atoms with Crippen LogP contribution in [0.25, 0.3) is 11.1 Å². The number of benzene rings is 2. The molecule has 2 heterocycles. The molecule has 1 atom stereocenters. The molecule has 4 rings (SSSR count). The van der Waals surface area contributed by atoms with E-state index in [1.807, 2.05) is 24.0 Å². The van der Waals surface area contributed by atoms with Crippen molar-refractivity contribution in [1.29, 1.82) is 0 Å². The molecule has 0 aromatic heterocycles. The summed E-state index contributed by atoms with van der Waals surface area (Å²) in [6, 6.07) is 13.0. The molecule has 1 amide bonds. The molecule has 2 aliphatic rings. The fraction of sp³-hybridized carbons (Fsp3) is 0.458. The molecule has 3 nitrogen and oxygen atoms in total. The Morgan fingerprint density at radius 2 is 1.82 bits per heavy atom. The summed E-state index contributed by atoms with van der Waals surface area (Å²) in [7, 11) is 0. The number of halogens is 1. The first-order valence-electron chi connectivity index (χ1n) is 10.3. The fourth-order valence-electron chi connectivity index (χ4n) is 4.70. The van der Waals surface area contributed by atoms with E-state index in [9.17, 15) is 9.18 Å². The number of carbonyl (C=O) groups is 1. The number of fused-ring (bicyclic) bond motifs is 2. The zero-order valence-electron chi connectivity index (χ0n) is 16.7. The molecule has 0 bridgehead atoms. The normalized spacial score (nSPS) is 18.9. The second-order valence-corrected chi connectivity index (χ2v) is 8.25. The molecule has 0 N–H and O–H groups in total. The van der Waals surface area contributed by atoms with E-state index in [-0.39, 0.29) is 23.1 Å². The lowest BCUT2D eigenvalue weighted by atomic mass is 9.75. The van der Waals surface area contributed by atoms with E-state index in [4.69, 9.17) is 4.74 Å². The molecule has 0 unspecified atom stereocenters. The highest BCUT2D eigenvalue weighted by molar-refractivity contribution is 5.98. The van der Waals surface area contributed by atoms with Crippen LogP contribution in [0.2, 0.25) is 0 Å². The van der Waals surface area contributed by atoms with Crippen LogP contribution in [0.5, 0.6) is 0 Å². The average molecular weight is 381 g/mol. The Morgan fingerprint density at radius 3 is 2.50 bits per heavy atom. The summed E-state index contributed by atoms with van der Waals surface area (Å²) in [6.45, 7) is 6.36. The van der Waals surface area contributed by atoms with Gasteiger partial charge in [0, 0.05) is 36.8 Å². The van der Waals surface area contributed by atoms with Gasteiger partial charge in [-0.25, -0.2) is 4.39 Å². The minimum Gasteiger partial charge on any atom is -0.381 e. The van der Waals surface area contributed by atoms with Crippen LogP contribution in [0.3, 0.4) is 0 Å². The molecule has 148 valence electrons. The Labute approximate surface area is 166 Å². The third kappa shape index (κ3) is 3.35. The molecule has 1 spiro atoms. The van der Waals surface area contributed by atoms with Crippen LogP contribution in [0.4, 0.5) is 10.1 Å². The van der Waals surface area contributed by atoms with E-state index in [1.54, 1.807) is 0 Å². The van der Waals surface area contributed by atoms with Crippen LogP contribution in [0, 0.1) is 11.7 Å². The van der Waals surface area contributed by atoms with Gasteiger partial charge in [-0.2, -0.15) is 0 Å². The molecule has 28 heavy (non-hydrogen) atoms. The maximum atomic E-state index is 13.3. The summed E-state index contributed by atoms with van der Waals surface area (Å²) >= 11 is 0. The highest BCUT2D eigenvalue weighted by Gasteiger charge is 2.46. The van der Waals surface area contributed by atoms with Crippen LogP contribution in [0.15, 0.2) is 42.5 Å². The zero-order chi connectivity index (χ0) is 19.7. The molecular weight excluding hydrogens is 353 g/mol. The molecule has 4 heteroatoms. The van der Waals surface area contributed by atoms with Crippen LogP contribution in [-0.4, -0.2) is 25.7 Å². The number of nitrogens with zero attached hydrogens (tertiary/aromatic N) is 1. The van der Waals surface area contributed by atoms with Crippen molar-refractivity contribution in [3.8, 4) is 11.1 Å². The van der Waals surface area contributed by atoms with E-state index in [1.165, 1.54) is 17.7 Å². The molecule has 2 aromatic carbocycles. The van der Waals surface area contributed by atoms with Crippen molar-refractivity contribution in [2.45, 2.75) is 44.9 Å². The lowest BCUT2D eigenvalue weighted by Gasteiger charge is -2.34. The van der Waals surface area contributed by atoms with Gasteiger partial charge in [0.05, 0.1) is 0 Å². The number of amides is 1. The number of anilines is 1. The second kappa shape index (κ2) is 7.67. The van der Waals surface area contributed by atoms with Crippen molar-refractivity contribution >= 4 is 11.6 Å². The van der Waals surface area contributed by atoms with Crippen molar-refractivity contribution in [2.75, 3.05) is 24.7 Å². The minimum atomic E-state index is -0.229. The topological polar surface area (TPSA) is 29.5 Å². The summed E-state index contributed by atoms with van der Waals surface area (Å²) in [5.74, 6) is 0.0260. The summed E-state index contributed by atoms with van der Waals surface area (Å²) in [4.78, 5) is 15.2. The Kier molecular flexibility index (Phi) is 5.24. The van der Waals surface area contributed by atoms with Gasteiger partial charge in [-0.05, 0) is 60.2 Å². The van der Waals surface area contributed by atoms with Gasteiger partial charge in [-0.1, -0.05) is 38.5 Å². The van der Waals surface area contributed by atoms with Gasteiger partial charge in [-0.15, -0.1) is 0 Å². The standard InChI is InChI=1S/C24H28FNO2/c1-3-4-17(2)23(27)26-16-24(11-13-28-14-12-24)21-15-19(7-10-22(21)26)18-5-8-20(25)9-6-18/h5-10,15,17H,3-4,11-14,16H2,1-2H3/t17-/m0/s1. The van der Waals surface area contributed by atoms with E-state index < -0.39 is 0 Å². The molecule has 1 fully saturated rings. The number of rotatable bonds is 4. The SMILES string of the molecule is CCC[C@H](C)C(=O)N1CC2(CCOCC2)c2cc(-c3ccc(F)cc3)ccc21. The molecule has 0 radical (unpaired) electrons. The zero-order valence-corrected chi connectivity index (χ0v) is 16.7. The van der Waals surface area contributed by atoms with Gasteiger partial charge < -0.3 is 9.64 Å². The molecule has 2 aliphatic heterocycles. The lowest BCUT2D eigenvalue weighted by molar-refractivity contribution is -0.122. The van der Waals surface area contributed by atoms with Crippen LogP contribution < -0.4 is 4.90 Å². The molecule has 1 saturated heterocycles. The first-order chi connectivity index (χ1) is 13.5. The monoisotopic (exact) mass is 381 g/mol. The minimum absolute atomic E-state index is 0.0321. The van der Waals surface area contributed by atoms with Gasteiger partial charge in [0.15, 0.2) is 0 Å². The van der Waals surface area contributed by atoms with Crippen LogP contribution in [-0.2, 0) is 14.9 Å². The van der Waals surface area contributed by atoms with Gasteiger partial charge in [0.25, 0.3) is 0 Å². The number of hydrogen-bond acceptors (Lipinski definition) is 2. The van der Waals surface area contributed by atoms with E-state index in [0.29, 0.717) is 0 Å². The van der Waals surface area contributed by atoms with E-state index in [2.05, 4.69) is 25.1 Å². The number of hydrogen-bond donors (Lipinski definition) is 0. The first kappa shape index (κ1) is 19.1. The third-order valence-electron chi connectivity index (χ3n) is 6.36. The van der Waals surface area contributed by atoms with Gasteiger partial charge >= 0.3 is 0 Å². The lowest BCUT2D eigenvalue weighted by Crippen LogP contribution is -2.42. The van der Waals surface area contributed by atoms with Crippen LogP contribution in [0.1, 0.15) is 45.1 Å². The Hall–Kier alpha value is -2.20. The first-order valence-corrected chi connectivity index (χ1v) is 10.3. The Balaban J connectivity index is 1.75. The average Bonchev–Trinajstić information content (AvgIpc) is 3.02. The summed E-state index contributed by atoms with van der Waals surface area (Å²) < 4.78 is 19.0. The maximum Gasteiger partial charge on any atom is 0.229 e. The summed E-state index contributed by atoms with van der Waals surface area (Å²) in [5.41, 5.74) is 4.32. The van der Waals surface area contributed by atoms with Gasteiger partial charge in [-0.3, -0.25) is 4.79 Å². The van der Waals surface area contributed by atoms with E-state index in [0.717, 1.165) is 62.3 Å². The fourth-order valence-corrected chi connectivity index (χ4v) is 4.70. The van der Waals surface area contributed by atoms with Crippen molar-refractivity contribution in [2.24, 2.45) is 5.92 Å². The van der Waals surface area contributed by atoms with Crippen molar-refractivity contribution in [3.63, 3.8) is 0 Å². The van der Waals surface area contributed by atoms with Crippen molar-refractivity contribution < 1.29 is 13.9 Å². The van der Waals surface area contributed by atoms with E-state index >= 15 is 0 Å². The predicted octanol–water partition coefficient (Wildman–Crippen LogP) is 5.32. The smallest absolute Gasteiger partial charge is 0.229 e. The Bertz CT molecular complexity index is 855. The number of ether oxygens (including phenoxy) is 1.